The van der Waals surface area contributed by atoms with Crippen molar-refractivity contribution in [1.29, 1.82) is 0 Å². The highest BCUT2D eigenvalue weighted by Gasteiger charge is 2.28. The smallest absolute Gasteiger partial charge is 0.212 e. The summed E-state index contributed by atoms with van der Waals surface area (Å²) in [6, 6.07) is 13.8. The normalized spacial score (nSPS) is 17.5. The maximum atomic E-state index is 5.67. The van der Waals surface area contributed by atoms with Gasteiger partial charge in [-0.05, 0) is 35.9 Å². The minimum absolute atomic E-state index is 0.0716. The predicted molar refractivity (Wildman–Crippen MR) is 97.4 cm³/mol. The summed E-state index contributed by atoms with van der Waals surface area (Å²) in [6.07, 6.45) is 0. The van der Waals surface area contributed by atoms with Crippen LogP contribution in [0.1, 0.15) is 10.9 Å². The first kappa shape index (κ1) is 15.4. The lowest BCUT2D eigenvalue weighted by Crippen LogP contribution is -2.16. The molecule has 0 bridgehead atoms. The second-order valence-corrected chi connectivity index (χ2v) is 6.97. The molecule has 1 aromatic heterocycles. The molecule has 26 heavy (non-hydrogen) atoms. The van der Waals surface area contributed by atoms with Gasteiger partial charge in [0, 0.05) is 5.56 Å². The van der Waals surface area contributed by atoms with E-state index in [2.05, 4.69) is 15.6 Å². The Morgan fingerprint density at radius 3 is 2.69 bits per heavy atom. The third kappa shape index (κ3) is 2.53. The summed E-state index contributed by atoms with van der Waals surface area (Å²) in [7, 11) is 1.67. The number of benzene rings is 2. The van der Waals surface area contributed by atoms with Crippen LogP contribution in [0.25, 0.3) is 11.4 Å². The summed E-state index contributed by atoms with van der Waals surface area (Å²) in [5.41, 5.74) is 5.53. The first-order valence-electron chi connectivity index (χ1n) is 8.24. The zero-order valence-corrected chi connectivity index (χ0v) is 14.8. The van der Waals surface area contributed by atoms with Crippen molar-refractivity contribution in [1.82, 2.24) is 14.9 Å². The van der Waals surface area contributed by atoms with E-state index in [1.165, 1.54) is 0 Å². The van der Waals surface area contributed by atoms with E-state index >= 15 is 0 Å². The van der Waals surface area contributed by atoms with Crippen molar-refractivity contribution in [2.75, 3.05) is 25.7 Å². The number of methoxy groups -OCH3 is 1. The second-order valence-electron chi connectivity index (χ2n) is 5.90. The molecule has 1 N–H and O–H groups in total. The molecule has 132 valence electrons. The summed E-state index contributed by atoms with van der Waals surface area (Å²) < 4.78 is 18.4. The van der Waals surface area contributed by atoms with E-state index in [0.717, 1.165) is 39.4 Å². The minimum Gasteiger partial charge on any atom is -0.497 e. The number of hydrogen-bond acceptors (Lipinski definition) is 7. The number of ether oxygens (including phenoxy) is 3. The number of nitrogens with zero attached hydrogens (tertiary/aromatic N) is 3. The number of rotatable bonds is 3. The van der Waals surface area contributed by atoms with Gasteiger partial charge in [-0.1, -0.05) is 23.9 Å². The van der Waals surface area contributed by atoms with Gasteiger partial charge in [0.2, 0.25) is 5.16 Å². The molecule has 0 saturated heterocycles. The van der Waals surface area contributed by atoms with Crippen LogP contribution in [-0.4, -0.2) is 35.2 Å². The molecule has 2 aromatic carbocycles. The lowest BCUT2D eigenvalue weighted by molar-refractivity contribution is 0.171. The second kappa shape index (κ2) is 6.14. The number of thioether (sulfide) groups is 1. The highest BCUT2D eigenvalue weighted by atomic mass is 32.2. The molecular formula is C18H16N4O3S. The van der Waals surface area contributed by atoms with Gasteiger partial charge in [0.25, 0.3) is 0 Å². The van der Waals surface area contributed by atoms with Crippen LogP contribution in [0.5, 0.6) is 17.2 Å². The molecular weight excluding hydrogens is 352 g/mol. The molecule has 0 fully saturated rings. The van der Waals surface area contributed by atoms with Crippen molar-refractivity contribution in [3.05, 3.63) is 48.0 Å². The third-order valence-corrected chi connectivity index (χ3v) is 5.41. The Bertz CT molecular complexity index is 958. The van der Waals surface area contributed by atoms with E-state index in [-0.39, 0.29) is 5.37 Å². The van der Waals surface area contributed by atoms with Crippen molar-refractivity contribution >= 4 is 11.8 Å². The first-order valence-corrected chi connectivity index (χ1v) is 9.12. The molecule has 3 heterocycles. The number of hydrogen-bond donors (Lipinski definition) is 1. The summed E-state index contributed by atoms with van der Waals surface area (Å²) in [6.45, 7) is 1.14. The van der Waals surface area contributed by atoms with Crippen molar-refractivity contribution in [2.24, 2.45) is 0 Å². The van der Waals surface area contributed by atoms with Gasteiger partial charge in [-0.25, -0.2) is 4.68 Å². The van der Waals surface area contributed by atoms with Crippen LogP contribution >= 0.6 is 11.8 Å². The Morgan fingerprint density at radius 1 is 1.08 bits per heavy atom. The summed E-state index contributed by atoms with van der Waals surface area (Å²) in [5, 5.41) is 9.54. The minimum atomic E-state index is 0.0716. The molecule has 0 aliphatic carbocycles. The maximum Gasteiger partial charge on any atom is 0.212 e. The molecule has 0 spiro atoms. The quantitative estimate of drug-likeness (QED) is 0.762. The Balaban J connectivity index is 1.43. The molecule has 0 saturated carbocycles. The molecule has 2 aliphatic heterocycles. The van der Waals surface area contributed by atoms with Gasteiger partial charge in [-0.2, -0.15) is 0 Å². The van der Waals surface area contributed by atoms with E-state index in [1.54, 1.807) is 18.9 Å². The summed E-state index contributed by atoms with van der Waals surface area (Å²) in [4.78, 5) is 0. The molecule has 8 heteroatoms. The topological polar surface area (TPSA) is 70.4 Å². The van der Waals surface area contributed by atoms with Crippen LogP contribution in [0.4, 0.5) is 0 Å². The van der Waals surface area contributed by atoms with E-state index in [0.29, 0.717) is 13.2 Å². The van der Waals surface area contributed by atoms with Gasteiger partial charge >= 0.3 is 0 Å². The van der Waals surface area contributed by atoms with Crippen LogP contribution in [0, 0.1) is 0 Å². The SMILES string of the molecule is COc1ccc(C2Nn3c(nnc3-c3ccc4c(c3)OCCO4)S2)cc1. The van der Waals surface area contributed by atoms with Crippen LogP contribution in [0.3, 0.4) is 0 Å². The number of aromatic nitrogens is 3. The highest BCUT2D eigenvalue weighted by Crippen LogP contribution is 2.41. The molecule has 5 rings (SSSR count). The van der Waals surface area contributed by atoms with Gasteiger partial charge in [0.05, 0.1) is 7.11 Å². The zero-order chi connectivity index (χ0) is 17.5. The molecule has 2 aliphatic rings. The monoisotopic (exact) mass is 368 g/mol. The summed E-state index contributed by atoms with van der Waals surface area (Å²) in [5.74, 6) is 3.09. The van der Waals surface area contributed by atoms with Crippen molar-refractivity contribution in [3.63, 3.8) is 0 Å². The van der Waals surface area contributed by atoms with Gasteiger partial charge in [0.1, 0.15) is 24.3 Å². The molecule has 0 amide bonds. The Hall–Kier alpha value is -2.87. The van der Waals surface area contributed by atoms with Crippen LogP contribution < -0.4 is 19.6 Å². The van der Waals surface area contributed by atoms with Gasteiger partial charge in [0.15, 0.2) is 17.3 Å². The fourth-order valence-corrected chi connectivity index (χ4v) is 4.00. The predicted octanol–water partition coefficient (Wildman–Crippen LogP) is 3.07. The Morgan fingerprint density at radius 2 is 1.88 bits per heavy atom. The van der Waals surface area contributed by atoms with E-state index in [9.17, 15) is 0 Å². The van der Waals surface area contributed by atoms with Gasteiger partial charge in [-0.15, -0.1) is 10.2 Å². The highest BCUT2D eigenvalue weighted by molar-refractivity contribution is 7.99. The zero-order valence-electron chi connectivity index (χ0n) is 14.0. The Labute approximate surface area is 154 Å². The maximum absolute atomic E-state index is 5.67. The van der Waals surface area contributed by atoms with Crippen molar-refractivity contribution in [2.45, 2.75) is 10.5 Å². The average Bonchev–Trinajstić information content (AvgIpc) is 3.28. The Kier molecular flexibility index (Phi) is 3.63. The first-order chi connectivity index (χ1) is 12.8. The average molecular weight is 368 g/mol. The van der Waals surface area contributed by atoms with Crippen molar-refractivity contribution < 1.29 is 14.2 Å². The molecule has 1 atom stereocenters. The van der Waals surface area contributed by atoms with Crippen LogP contribution in [0.2, 0.25) is 0 Å². The number of fused-ring (bicyclic) bond motifs is 2. The standard InChI is InChI=1S/C18H16N4O3S/c1-23-13-5-2-11(3-6-13)17-21-22-16(19-20-18(22)26-17)12-4-7-14-15(10-12)25-9-8-24-14/h2-7,10,17,21H,8-9H2,1H3. The lowest BCUT2D eigenvalue weighted by Gasteiger charge is -2.19. The van der Waals surface area contributed by atoms with E-state index in [1.807, 2.05) is 47.1 Å². The van der Waals surface area contributed by atoms with Gasteiger partial charge in [-0.3, -0.25) is 0 Å². The largest absolute Gasteiger partial charge is 0.497 e. The van der Waals surface area contributed by atoms with Gasteiger partial charge < -0.3 is 19.6 Å². The number of nitrogens with one attached hydrogen (secondary N) is 1. The van der Waals surface area contributed by atoms with E-state index in [4.69, 9.17) is 14.2 Å². The molecule has 7 nitrogen and oxygen atoms in total. The fraction of sp³-hybridized carbons (Fsp3) is 0.222. The van der Waals surface area contributed by atoms with Crippen LogP contribution in [-0.2, 0) is 0 Å². The lowest BCUT2D eigenvalue weighted by atomic mass is 10.2. The molecule has 1 unspecified atom stereocenters. The third-order valence-electron chi connectivity index (χ3n) is 4.32. The van der Waals surface area contributed by atoms with E-state index < -0.39 is 0 Å². The van der Waals surface area contributed by atoms with Crippen molar-refractivity contribution in [3.8, 4) is 28.6 Å². The fourth-order valence-electron chi connectivity index (χ4n) is 3.00. The summed E-state index contributed by atoms with van der Waals surface area (Å²) >= 11 is 1.63. The molecule has 0 radical (unpaired) electrons. The van der Waals surface area contributed by atoms with Crippen LogP contribution in [0.15, 0.2) is 47.6 Å². The molecule has 3 aromatic rings.